The van der Waals surface area contributed by atoms with Crippen molar-refractivity contribution in [3.05, 3.63) is 0 Å². The molecule has 12 heavy (non-hydrogen) atoms. The first-order valence-electron chi connectivity index (χ1n) is 2.81. The Morgan fingerprint density at radius 1 is 0.917 bits per heavy atom. The van der Waals surface area contributed by atoms with Gasteiger partial charge in [0.15, 0.2) is 0 Å². The highest BCUT2D eigenvalue weighted by Crippen LogP contribution is 2.32. The average molecular weight is 196 g/mol. The van der Waals surface area contributed by atoms with E-state index in [1.807, 2.05) is 0 Å². The van der Waals surface area contributed by atoms with Crippen molar-refractivity contribution in [1.82, 2.24) is 4.90 Å². The highest BCUT2D eigenvalue weighted by molar-refractivity contribution is 4.63. The summed E-state index contributed by atoms with van der Waals surface area (Å²) in [4.78, 5) is -1.57. The zero-order chi connectivity index (χ0) is 9.99. The van der Waals surface area contributed by atoms with Gasteiger partial charge in [-0.25, -0.2) is 0 Å². The van der Waals surface area contributed by atoms with Gasteiger partial charge in [-0.2, -0.15) is 26.3 Å². The molecule has 0 aliphatic rings. The minimum absolute atomic E-state index is 0.709. The predicted molar refractivity (Wildman–Crippen MR) is 27.9 cm³/mol. The van der Waals surface area contributed by atoms with Crippen molar-refractivity contribution in [2.75, 3.05) is 13.1 Å². The van der Waals surface area contributed by atoms with Crippen molar-refractivity contribution in [2.24, 2.45) is 5.73 Å². The molecule has 74 valence electrons. The SMILES string of the molecule is NCCN(C(F)(F)F)C(F)(F)F. The molecule has 0 aliphatic heterocycles. The molecule has 0 atom stereocenters. The number of halogens is 6. The van der Waals surface area contributed by atoms with Gasteiger partial charge in [0.2, 0.25) is 0 Å². The number of alkyl halides is 6. The second-order valence-electron chi connectivity index (χ2n) is 1.88. The number of hydrogen-bond donors (Lipinski definition) is 1. The topological polar surface area (TPSA) is 29.3 Å². The van der Waals surface area contributed by atoms with Gasteiger partial charge < -0.3 is 5.73 Å². The van der Waals surface area contributed by atoms with Crippen LogP contribution in [-0.2, 0) is 0 Å². The summed E-state index contributed by atoms with van der Waals surface area (Å²) in [5.41, 5.74) is 4.58. The summed E-state index contributed by atoms with van der Waals surface area (Å²) in [5.74, 6) is 0. The lowest BCUT2D eigenvalue weighted by Crippen LogP contribution is -2.50. The second kappa shape index (κ2) is 3.48. The first kappa shape index (κ1) is 11.5. The minimum Gasteiger partial charge on any atom is -0.329 e. The fourth-order valence-electron chi connectivity index (χ4n) is 0.526. The van der Waals surface area contributed by atoms with Gasteiger partial charge in [-0.3, -0.25) is 0 Å². The van der Waals surface area contributed by atoms with E-state index in [-0.39, 0.29) is 0 Å². The summed E-state index contributed by atoms with van der Waals surface area (Å²) in [6.45, 7) is -1.99. The lowest BCUT2D eigenvalue weighted by Gasteiger charge is -2.25. The van der Waals surface area contributed by atoms with Gasteiger partial charge >= 0.3 is 12.6 Å². The Balaban J connectivity index is 4.45. The monoisotopic (exact) mass is 196 g/mol. The third-order valence-corrected chi connectivity index (χ3v) is 0.965. The zero-order valence-corrected chi connectivity index (χ0v) is 5.71. The van der Waals surface area contributed by atoms with Crippen LogP contribution in [0.4, 0.5) is 26.3 Å². The van der Waals surface area contributed by atoms with Crippen molar-refractivity contribution in [1.29, 1.82) is 0 Å². The molecule has 0 saturated heterocycles. The van der Waals surface area contributed by atoms with Gasteiger partial charge in [0.05, 0.1) is 0 Å². The molecular formula is C4H6F6N2. The quantitative estimate of drug-likeness (QED) is 0.532. The van der Waals surface area contributed by atoms with E-state index < -0.39 is 30.6 Å². The van der Waals surface area contributed by atoms with Crippen LogP contribution < -0.4 is 5.73 Å². The second-order valence-corrected chi connectivity index (χ2v) is 1.88. The van der Waals surface area contributed by atoms with Crippen molar-refractivity contribution in [3.63, 3.8) is 0 Å². The summed E-state index contributed by atoms with van der Waals surface area (Å²) in [6, 6.07) is 0. The molecule has 0 aromatic heterocycles. The molecule has 0 heterocycles. The van der Waals surface area contributed by atoms with Crippen LogP contribution >= 0.6 is 0 Å². The fourth-order valence-corrected chi connectivity index (χ4v) is 0.526. The van der Waals surface area contributed by atoms with E-state index in [0.717, 1.165) is 0 Å². The van der Waals surface area contributed by atoms with Crippen LogP contribution in [0.5, 0.6) is 0 Å². The van der Waals surface area contributed by atoms with E-state index in [4.69, 9.17) is 0 Å². The first-order chi connectivity index (χ1) is 5.19. The largest absolute Gasteiger partial charge is 0.467 e. The molecule has 0 aliphatic carbocycles. The smallest absolute Gasteiger partial charge is 0.329 e. The minimum atomic E-state index is -5.42. The Labute approximate surface area is 63.9 Å². The van der Waals surface area contributed by atoms with Crippen molar-refractivity contribution < 1.29 is 26.3 Å². The molecule has 0 unspecified atom stereocenters. The van der Waals surface area contributed by atoms with Crippen LogP contribution in [0, 0.1) is 0 Å². The molecule has 2 N–H and O–H groups in total. The average Bonchev–Trinajstić information content (AvgIpc) is 1.77. The van der Waals surface area contributed by atoms with Crippen molar-refractivity contribution in [2.45, 2.75) is 12.6 Å². The number of nitrogens with two attached hydrogens (primary N) is 1. The van der Waals surface area contributed by atoms with Crippen LogP contribution in [-0.4, -0.2) is 30.6 Å². The highest BCUT2D eigenvalue weighted by Gasteiger charge is 2.52. The summed E-state index contributed by atoms with van der Waals surface area (Å²) >= 11 is 0. The summed E-state index contributed by atoms with van der Waals surface area (Å²) in [5, 5.41) is 0. The van der Waals surface area contributed by atoms with E-state index in [1.54, 1.807) is 0 Å². The molecule has 0 rings (SSSR count). The lowest BCUT2D eigenvalue weighted by molar-refractivity contribution is -0.371. The molecule has 0 amide bonds. The Morgan fingerprint density at radius 3 is 1.33 bits per heavy atom. The van der Waals surface area contributed by atoms with Crippen molar-refractivity contribution in [3.8, 4) is 0 Å². The first-order valence-corrected chi connectivity index (χ1v) is 2.81. The molecule has 0 aromatic rings. The Hall–Kier alpha value is -0.500. The van der Waals surface area contributed by atoms with E-state index in [2.05, 4.69) is 5.73 Å². The van der Waals surface area contributed by atoms with Gasteiger partial charge in [-0.05, 0) is 0 Å². The van der Waals surface area contributed by atoms with Gasteiger partial charge in [0.25, 0.3) is 0 Å². The summed E-state index contributed by atoms with van der Waals surface area (Å²) in [6.07, 6.45) is -10.8. The molecule has 0 spiro atoms. The van der Waals surface area contributed by atoms with E-state index in [0.29, 0.717) is 0 Å². The molecule has 8 heteroatoms. The maximum atomic E-state index is 11.6. The van der Waals surface area contributed by atoms with Crippen molar-refractivity contribution >= 4 is 0 Å². The Bertz CT molecular complexity index is 123. The highest BCUT2D eigenvalue weighted by atomic mass is 19.4. The molecule has 0 aromatic carbocycles. The molecule has 2 nitrogen and oxygen atoms in total. The van der Waals surface area contributed by atoms with Crippen LogP contribution in [0.2, 0.25) is 0 Å². The number of rotatable bonds is 2. The van der Waals surface area contributed by atoms with Gasteiger partial charge in [0.1, 0.15) is 0 Å². The van der Waals surface area contributed by atoms with E-state index >= 15 is 0 Å². The summed E-state index contributed by atoms with van der Waals surface area (Å²) in [7, 11) is 0. The van der Waals surface area contributed by atoms with E-state index in [9.17, 15) is 26.3 Å². The summed E-state index contributed by atoms with van der Waals surface area (Å²) < 4.78 is 69.3. The van der Waals surface area contributed by atoms with Crippen LogP contribution in [0.3, 0.4) is 0 Å². The van der Waals surface area contributed by atoms with Gasteiger partial charge in [-0.15, -0.1) is 4.90 Å². The lowest BCUT2D eigenvalue weighted by atomic mass is 10.6. The molecule has 0 fully saturated rings. The van der Waals surface area contributed by atoms with Crippen LogP contribution in [0.25, 0.3) is 0 Å². The van der Waals surface area contributed by atoms with Gasteiger partial charge in [0, 0.05) is 13.1 Å². The Kier molecular flexibility index (Phi) is 3.34. The maximum Gasteiger partial charge on any atom is 0.467 e. The van der Waals surface area contributed by atoms with E-state index in [1.165, 1.54) is 0 Å². The number of nitrogens with zero attached hydrogens (tertiary/aromatic N) is 1. The third kappa shape index (κ3) is 3.26. The molecule has 0 saturated carbocycles. The van der Waals surface area contributed by atoms with Gasteiger partial charge in [-0.1, -0.05) is 0 Å². The molecule has 0 radical (unpaired) electrons. The predicted octanol–water partition coefficient (Wildman–Crippen LogP) is 1.29. The standard InChI is InChI=1S/C4H6F6N2/c5-3(6,7)12(2-1-11)4(8,9)10/h1-2,11H2. The molecule has 0 bridgehead atoms. The van der Waals surface area contributed by atoms with Crippen LogP contribution in [0.1, 0.15) is 0 Å². The maximum absolute atomic E-state index is 11.6. The zero-order valence-electron chi connectivity index (χ0n) is 5.71. The number of hydrogen-bond acceptors (Lipinski definition) is 2. The molecular weight excluding hydrogens is 190 g/mol. The Morgan fingerprint density at radius 2 is 1.25 bits per heavy atom. The third-order valence-electron chi connectivity index (χ3n) is 0.965. The fraction of sp³-hybridized carbons (Fsp3) is 1.00. The van der Waals surface area contributed by atoms with Crippen LogP contribution in [0.15, 0.2) is 0 Å². The normalized spacial score (nSPS) is 14.0.